The Morgan fingerprint density at radius 3 is 2.63 bits per heavy atom. The van der Waals surface area contributed by atoms with Crippen LogP contribution in [0.3, 0.4) is 0 Å². The van der Waals surface area contributed by atoms with E-state index in [0.29, 0.717) is 19.0 Å². The molecule has 1 fully saturated rings. The van der Waals surface area contributed by atoms with Gasteiger partial charge in [0.05, 0.1) is 6.61 Å². The predicted molar refractivity (Wildman–Crippen MR) is 72.5 cm³/mol. The van der Waals surface area contributed by atoms with Gasteiger partial charge in [0.15, 0.2) is 0 Å². The summed E-state index contributed by atoms with van der Waals surface area (Å²) < 4.78 is 0. The SMILES string of the molecule is N#C/C(=C/N1CCN(CCO)CC1)C(=O)NCCCl. The molecular formula is C12H19ClN4O2. The summed E-state index contributed by atoms with van der Waals surface area (Å²) in [6.07, 6.45) is 1.60. The number of carbonyl (C=O) groups is 1. The van der Waals surface area contributed by atoms with Gasteiger partial charge in [0.1, 0.15) is 11.6 Å². The van der Waals surface area contributed by atoms with Crippen LogP contribution in [0.2, 0.25) is 0 Å². The van der Waals surface area contributed by atoms with Gasteiger partial charge in [-0.25, -0.2) is 0 Å². The molecule has 6 nitrogen and oxygen atoms in total. The van der Waals surface area contributed by atoms with Gasteiger partial charge in [0, 0.05) is 51.3 Å². The van der Waals surface area contributed by atoms with Gasteiger partial charge in [0.2, 0.25) is 0 Å². The van der Waals surface area contributed by atoms with Crippen LogP contribution in [-0.2, 0) is 4.79 Å². The molecule has 0 aromatic carbocycles. The molecule has 0 aromatic heterocycles. The molecule has 1 aliphatic heterocycles. The van der Waals surface area contributed by atoms with Crippen molar-refractivity contribution in [2.24, 2.45) is 0 Å². The second kappa shape index (κ2) is 8.75. The van der Waals surface area contributed by atoms with Crippen molar-refractivity contribution < 1.29 is 9.90 Å². The topological polar surface area (TPSA) is 79.6 Å². The van der Waals surface area contributed by atoms with E-state index in [1.165, 1.54) is 0 Å². The fourth-order valence-corrected chi connectivity index (χ4v) is 1.93. The van der Waals surface area contributed by atoms with Crippen molar-refractivity contribution >= 4 is 17.5 Å². The van der Waals surface area contributed by atoms with E-state index in [1.54, 1.807) is 6.20 Å². The van der Waals surface area contributed by atoms with Crippen molar-refractivity contribution in [2.45, 2.75) is 0 Å². The van der Waals surface area contributed by atoms with Crippen LogP contribution in [0.1, 0.15) is 0 Å². The lowest BCUT2D eigenvalue weighted by atomic mass is 10.2. The van der Waals surface area contributed by atoms with E-state index in [-0.39, 0.29) is 18.1 Å². The summed E-state index contributed by atoms with van der Waals surface area (Å²) in [5, 5.41) is 20.4. The fourth-order valence-electron chi connectivity index (χ4n) is 1.83. The standard InChI is InChI=1S/C12H19ClN4O2/c13-1-2-15-12(19)11(9-14)10-17-5-3-16(4-6-17)7-8-18/h10,18H,1-8H2,(H,15,19)/b11-10-. The average Bonchev–Trinajstić information content (AvgIpc) is 2.44. The molecule has 0 unspecified atom stereocenters. The molecule has 0 radical (unpaired) electrons. The van der Waals surface area contributed by atoms with E-state index in [0.717, 1.165) is 26.2 Å². The second-order valence-electron chi connectivity index (χ2n) is 4.20. The molecule has 1 heterocycles. The summed E-state index contributed by atoms with van der Waals surface area (Å²) in [4.78, 5) is 15.7. The van der Waals surface area contributed by atoms with E-state index >= 15 is 0 Å². The number of aliphatic hydroxyl groups is 1. The second-order valence-corrected chi connectivity index (χ2v) is 4.58. The van der Waals surface area contributed by atoms with Crippen LogP contribution < -0.4 is 5.32 Å². The van der Waals surface area contributed by atoms with E-state index in [2.05, 4.69) is 10.2 Å². The van der Waals surface area contributed by atoms with Crippen LogP contribution in [0.15, 0.2) is 11.8 Å². The molecule has 0 bridgehead atoms. The van der Waals surface area contributed by atoms with E-state index in [4.69, 9.17) is 22.0 Å². The van der Waals surface area contributed by atoms with Gasteiger partial charge in [0.25, 0.3) is 5.91 Å². The summed E-state index contributed by atoms with van der Waals surface area (Å²) in [6, 6.07) is 1.91. The number of rotatable bonds is 6. The number of nitrogens with one attached hydrogen (secondary N) is 1. The number of halogens is 1. The minimum absolute atomic E-state index is 0.0979. The highest BCUT2D eigenvalue weighted by Crippen LogP contribution is 2.04. The first-order valence-electron chi connectivity index (χ1n) is 6.24. The molecule has 0 spiro atoms. The van der Waals surface area contributed by atoms with E-state index in [1.807, 2.05) is 11.0 Å². The zero-order valence-corrected chi connectivity index (χ0v) is 11.6. The molecule has 19 heavy (non-hydrogen) atoms. The van der Waals surface area contributed by atoms with Gasteiger partial charge in [-0.1, -0.05) is 0 Å². The summed E-state index contributed by atoms with van der Waals surface area (Å²) in [6.45, 7) is 4.29. The van der Waals surface area contributed by atoms with Crippen LogP contribution in [-0.4, -0.2) is 72.6 Å². The molecule has 106 valence electrons. The Morgan fingerprint density at radius 1 is 1.42 bits per heavy atom. The number of aliphatic hydroxyl groups excluding tert-OH is 1. The Bertz CT molecular complexity index is 359. The lowest BCUT2D eigenvalue weighted by molar-refractivity contribution is -0.117. The van der Waals surface area contributed by atoms with Crippen molar-refractivity contribution in [1.82, 2.24) is 15.1 Å². The molecular weight excluding hydrogens is 268 g/mol. The number of nitrogens with zero attached hydrogens (tertiary/aromatic N) is 3. The Morgan fingerprint density at radius 2 is 2.11 bits per heavy atom. The maximum Gasteiger partial charge on any atom is 0.263 e. The van der Waals surface area contributed by atoms with Crippen molar-refractivity contribution in [3.63, 3.8) is 0 Å². The number of nitriles is 1. The van der Waals surface area contributed by atoms with Crippen LogP contribution in [0.25, 0.3) is 0 Å². The molecule has 1 aliphatic rings. The maximum atomic E-state index is 11.6. The maximum absolute atomic E-state index is 11.6. The zero-order chi connectivity index (χ0) is 14.1. The Hall–Kier alpha value is -1.29. The lowest BCUT2D eigenvalue weighted by Crippen LogP contribution is -2.45. The number of hydrogen-bond donors (Lipinski definition) is 2. The van der Waals surface area contributed by atoms with Crippen molar-refractivity contribution in [3.8, 4) is 6.07 Å². The third-order valence-electron chi connectivity index (χ3n) is 2.88. The van der Waals surface area contributed by atoms with Gasteiger partial charge in [-0.3, -0.25) is 9.69 Å². The number of hydrogen-bond acceptors (Lipinski definition) is 5. The predicted octanol–water partition coefficient (Wildman–Crippen LogP) is -0.641. The summed E-state index contributed by atoms with van der Waals surface area (Å²) in [5.74, 6) is -0.0643. The molecule has 1 rings (SSSR count). The van der Waals surface area contributed by atoms with Gasteiger partial charge in [-0.05, 0) is 0 Å². The van der Waals surface area contributed by atoms with Crippen LogP contribution in [0.4, 0.5) is 0 Å². The normalized spacial score (nSPS) is 17.1. The number of β-amino-alcohol motifs (C(OH)–C–C–N with tert-alkyl or cyclic N) is 1. The first-order chi connectivity index (χ1) is 9.21. The monoisotopic (exact) mass is 286 g/mol. The highest BCUT2D eigenvalue weighted by Gasteiger charge is 2.16. The molecule has 0 atom stereocenters. The molecule has 1 saturated heterocycles. The highest BCUT2D eigenvalue weighted by molar-refractivity contribution is 6.18. The van der Waals surface area contributed by atoms with Gasteiger partial charge < -0.3 is 15.3 Å². The summed E-state index contributed by atoms with van der Waals surface area (Å²) in [7, 11) is 0. The molecule has 7 heteroatoms. The summed E-state index contributed by atoms with van der Waals surface area (Å²) in [5.41, 5.74) is 0.0979. The first-order valence-corrected chi connectivity index (χ1v) is 6.78. The number of carbonyl (C=O) groups excluding carboxylic acids is 1. The largest absolute Gasteiger partial charge is 0.395 e. The van der Waals surface area contributed by atoms with E-state index in [9.17, 15) is 4.79 Å². The molecule has 1 amide bonds. The Kier molecular flexibility index (Phi) is 7.26. The number of piperazine rings is 1. The third kappa shape index (κ3) is 5.47. The number of amides is 1. The summed E-state index contributed by atoms with van der Waals surface area (Å²) >= 11 is 5.48. The smallest absolute Gasteiger partial charge is 0.263 e. The Labute approximate surface area is 118 Å². The highest BCUT2D eigenvalue weighted by atomic mass is 35.5. The van der Waals surface area contributed by atoms with Crippen LogP contribution in [0.5, 0.6) is 0 Å². The van der Waals surface area contributed by atoms with Gasteiger partial charge >= 0.3 is 0 Å². The van der Waals surface area contributed by atoms with Gasteiger partial charge in [-0.15, -0.1) is 11.6 Å². The molecule has 2 N–H and O–H groups in total. The lowest BCUT2D eigenvalue weighted by Gasteiger charge is -2.33. The van der Waals surface area contributed by atoms with Crippen molar-refractivity contribution in [2.75, 3.05) is 51.8 Å². The van der Waals surface area contributed by atoms with Crippen LogP contribution >= 0.6 is 11.6 Å². The minimum atomic E-state index is -0.388. The van der Waals surface area contributed by atoms with Crippen LogP contribution in [0, 0.1) is 11.3 Å². The van der Waals surface area contributed by atoms with Crippen molar-refractivity contribution in [3.05, 3.63) is 11.8 Å². The minimum Gasteiger partial charge on any atom is -0.395 e. The van der Waals surface area contributed by atoms with E-state index < -0.39 is 0 Å². The molecule has 0 aromatic rings. The molecule has 0 saturated carbocycles. The third-order valence-corrected chi connectivity index (χ3v) is 3.07. The number of alkyl halides is 1. The average molecular weight is 287 g/mol. The zero-order valence-electron chi connectivity index (χ0n) is 10.8. The molecule has 0 aliphatic carbocycles. The van der Waals surface area contributed by atoms with Gasteiger partial charge in [-0.2, -0.15) is 5.26 Å². The quantitative estimate of drug-likeness (QED) is 0.386. The Balaban J connectivity index is 2.49. The fraction of sp³-hybridized carbons (Fsp3) is 0.667. The first kappa shape index (κ1) is 15.8. The van der Waals surface area contributed by atoms with Crippen molar-refractivity contribution in [1.29, 1.82) is 5.26 Å².